The zero-order valence-corrected chi connectivity index (χ0v) is 7.74. The molecular weight excluding hydrogens is 170 g/mol. The highest BCUT2D eigenvalue weighted by atomic mass is 16.5. The van der Waals surface area contributed by atoms with Gasteiger partial charge in [-0.05, 0) is 5.92 Å². The van der Waals surface area contributed by atoms with Crippen molar-refractivity contribution in [1.82, 2.24) is 0 Å². The molecule has 0 fully saturated rings. The van der Waals surface area contributed by atoms with Gasteiger partial charge in [-0.1, -0.05) is 20.3 Å². The van der Waals surface area contributed by atoms with E-state index in [1.165, 1.54) is 5.87 Å². The molecular formula is C9H12NO3-. The monoisotopic (exact) mass is 182 g/mol. The minimum absolute atomic E-state index is 0.207. The molecule has 4 nitrogen and oxygen atoms in total. The van der Waals surface area contributed by atoms with Crippen molar-refractivity contribution in [2.75, 3.05) is 6.61 Å². The van der Waals surface area contributed by atoms with Gasteiger partial charge in [-0.2, -0.15) is 0 Å². The highest BCUT2D eigenvalue weighted by molar-refractivity contribution is 6.15. The van der Waals surface area contributed by atoms with E-state index in [0.717, 1.165) is 6.42 Å². The van der Waals surface area contributed by atoms with Gasteiger partial charge >= 0.3 is 5.97 Å². The number of aldehydes is 1. The summed E-state index contributed by atoms with van der Waals surface area (Å²) in [4.78, 5) is 21.0. The Morgan fingerprint density at radius 2 is 2.31 bits per heavy atom. The number of hydrogen-bond acceptors (Lipinski definition) is 3. The lowest BCUT2D eigenvalue weighted by atomic mass is 10.1. The Labute approximate surface area is 77.1 Å². The summed E-state index contributed by atoms with van der Waals surface area (Å²) in [6, 6.07) is 0. The fourth-order valence-electron chi connectivity index (χ4n) is 0.534. The van der Waals surface area contributed by atoms with Gasteiger partial charge < -0.3 is 10.1 Å². The van der Waals surface area contributed by atoms with Crippen LogP contribution in [0.1, 0.15) is 20.3 Å². The third-order valence-corrected chi connectivity index (χ3v) is 1.65. The van der Waals surface area contributed by atoms with E-state index in [9.17, 15) is 9.59 Å². The van der Waals surface area contributed by atoms with E-state index in [4.69, 9.17) is 10.1 Å². The van der Waals surface area contributed by atoms with Crippen molar-refractivity contribution in [3.63, 3.8) is 0 Å². The first-order valence-corrected chi connectivity index (χ1v) is 4.05. The first-order valence-electron chi connectivity index (χ1n) is 4.05. The summed E-state index contributed by atoms with van der Waals surface area (Å²) >= 11 is 0. The summed E-state index contributed by atoms with van der Waals surface area (Å²) < 4.78 is 4.71. The molecule has 0 saturated heterocycles. The number of hydrogen-bond donors (Lipinski definition) is 0. The van der Waals surface area contributed by atoms with Crippen LogP contribution < -0.4 is 0 Å². The quantitative estimate of drug-likeness (QED) is 0.159. The summed E-state index contributed by atoms with van der Waals surface area (Å²) in [7, 11) is 0. The molecule has 0 aromatic heterocycles. The second-order valence-electron chi connectivity index (χ2n) is 2.76. The summed E-state index contributed by atoms with van der Waals surface area (Å²) in [5, 5.41) is 8.30. The molecule has 0 aliphatic heterocycles. The van der Waals surface area contributed by atoms with Crippen LogP contribution >= 0.6 is 0 Å². The number of carbonyl (C=O) groups excluding carboxylic acids is 2. The Morgan fingerprint density at radius 1 is 1.69 bits per heavy atom. The number of esters is 1. The van der Waals surface area contributed by atoms with Gasteiger partial charge in [-0.15, -0.1) is 0 Å². The van der Waals surface area contributed by atoms with Crippen LogP contribution in [0.4, 0.5) is 0 Å². The molecule has 0 aliphatic carbocycles. The highest BCUT2D eigenvalue weighted by Crippen LogP contribution is 2.02. The molecule has 0 saturated carbocycles. The Bertz CT molecular complexity index is 241. The van der Waals surface area contributed by atoms with E-state index >= 15 is 0 Å². The molecule has 0 aromatic carbocycles. The van der Waals surface area contributed by atoms with Crippen LogP contribution in [0, 0.1) is 5.92 Å². The second kappa shape index (κ2) is 6.14. The van der Waals surface area contributed by atoms with E-state index < -0.39 is 11.5 Å². The summed E-state index contributed by atoms with van der Waals surface area (Å²) in [6.45, 7) is 4.13. The van der Waals surface area contributed by atoms with Crippen molar-refractivity contribution in [1.29, 1.82) is 0 Å². The van der Waals surface area contributed by atoms with Gasteiger partial charge in [0, 0.05) is 0 Å². The molecule has 0 heterocycles. The average Bonchev–Trinajstić information content (AvgIpc) is 2.16. The molecule has 72 valence electrons. The summed E-state index contributed by atoms with van der Waals surface area (Å²) in [5.41, 5.74) is -0.483. The van der Waals surface area contributed by atoms with Crippen molar-refractivity contribution >= 4 is 18.1 Å². The van der Waals surface area contributed by atoms with E-state index in [-0.39, 0.29) is 18.8 Å². The van der Waals surface area contributed by atoms with Gasteiger partial charge in [0.1, 0.15) is 5.57 Å². The predicted octanol–water partition coefficient (Wildman–Crippen LogP) is 0.940. The van der Waals surface area contributed by atoms with E-state index in [0.29, 0.717) is 0 Å². The molecule has 0 spiro atoms. The Hall–Kier alpha value is -1.41. The lowest BCUT2D eigenvalue weighted by Crippen LogP contribution is -2.14. The minimum Gasteiger partial charge on any atom is -0.762 e. The van der Waals surface area contributed by atoms with Crippen molar-refractivity contribution in [2.24, 2.45) is 5.92 Å². The second-order valence-corrected chi connectivity index (χ2v) is 2.76. The van der Waals surface area contributed by atoms with Crippen LogP contribution in [0.25, 0.3) is 5.41 Å². The third kappa shape index (κ3) is 4.23. The number of nitrogens with zero attached hydrogens (tertiary/aromatic N) is 1. The first-order chi connectivity index (χ1) is 6.15. The molecule has 0 N–H and O–H groups in total. The van der Waals surface area contributed by atoms with Crippen LogP contribution in [0.3, 0.4) is 0 Å². The zero-order valence-electron chi connectivity index (χ0n) is 7.74. The average molecular weight is 182 g/mol. The number of ether oxygens (including phenoxy) is 1. The van der Waals surface area contributed by atoms with Gasteiger partial charge in [-0.25, -0.2) is 4.79 Å². The van der Waals surface area contributed by atoms with E-state index in [1.54, 1.807) is 0 Å². The fraction of sp³-hybridized carbons (Fsp3) is 0.556. The Kier molecular flexibility index (Phi) is 5.48. The van der Waals surface area contributed by atoms with Crippen LogP contribution in [0.15, 0.2) is 5.57 Å². The van der Waals surface area contributed by atoms with Gasteiger partial charge in [0.2, 0.25) is 0 Å². The Morgan fingerprint density at radius 3 is 2.69 bits per heavy atom. The van der Waals surface area contributed by atoms with Gasteiger partial charge in [0.05, 0.1) is 6.61 Å². The molecule has 1 atom stereocenters. The third-order valence-electron chi connectivity index (χ3n) is 1.65. The highest BCUT2D eigenvalue weighted by Gasteiger charge is 2.09. The molecule has 13 heavy (non-hydrogen) atoms. The van der Waals surface area contributed by atoms with Crippen LogP contribution in [0.5, 0.6) is 0 Å². The lowest BCUT2D eigenvalue weighted by Gasteiger charge is -2.08. The topological polar surface area (TPSA) is 65.7 Å². The summed E-state index contributed by atoms with van der Waals surface area (Å²) in [6.07, 6.45) is 1.09. The van der Waals surface area contributed by atoms with Crippen molar-refractivity contribution < 1.29 is 14.3 Å². The number of carbonyl (C=O) groups is 2. The fourth-order valence-corrected chi connectivity index (χ4v) is 0.534. The van der Waals surface area contributed by atoms with Crippen LogP contribution in [-0.4, -0.2) is 24.7 Å². The normalized spacial score (nSPS) is 11.2. The van der Waals surface area contributed by atoms with Crippen LogP contribution in [0.2, 0.25) is 0 Å². The first kappa shape index (κ1) is 11.6. The van der Waals surface area contributed by atoms with Gasteiger partial charge in [0.25, 0.3) is 0 Å². The van der Waals surface area contributed by atoms with E-state index in [1.807, 2.05) is 13.8 Å². The summed E-state index contributed by atoms with van der Waals surface area (Å²) in [5.74, 6) is 0.878. The molecule has 4 heteroatoms. The van der Waals surface area contributed by atoms with Crippen LogP contribution in [-0.2, 0) is 14.3 Å². The van der Waals surface area contributed by atoms with Crippen molar-refractivity contribution in [3.8, 4) is 0 Å². The maximum Gasteiger partial charge on any atom is 0.347 e. The largest absolute Gasteiger partial charge is 0.762 e. The molecule has 0 amide bonds. The maximum absolute atomic E-state index is 10.9. The number of rotatable bonds is 5. The maximum atomic E-state index is 10.9. The van der Waals surface area contributed by atoms with Gasteiger partial charge in [0.15, 0.2) is 6.29 Å². The predicted molar refractivity (Wildman–Crippen MR) is 48.4 cm³/mol. The van der Waals surface area contributed by atoms with E-state index in [2.05, 4.69) is 0 Å². The SMILES string of the molecule is CCC(C)COC(=O)C(=C=[N-])C=O. The molecule has 0 aromatic rings. The molecule has 0 rings (SSSR count). The molecule has 1 unspecified atom stereocenters. The van der Waals surface area contributed by atoms with Gasteiger partial charge in [-0.3, -0.25) is 10.7 Å². The molecule has 0 aliphatic rings. The van der Waals surface area contributed by atoms with Crippen molar-refractivity contribution in [2.45, 2.75) is 20.3 Å². The minimum atomic E-state index is -0.835. The van der Waals surface area contributed by atoms with Crippen molar-refractivity contribution in [3.05, 3.63) is 11.0 Å². The molecule has 0 bridgehead atoms. The Balaban J connectivity index is 4.01. The lowest BCUT2D eigenvalue weighted by molar-refractivity contribution is -0.140. The smallest absolute Gasteiger partial charge is 0.347 e. The zero-order chi connectivity index (χ0) is 10.3. The standard InChI is InChI=1S/C9H12NO3/c1-3-7(2)6-13-9(12)8(4-10)5-11/h5,7H,3,6H2,1-2H3/q-1. The molecule has 0 radical (unpaired) electrons.